The van der Waals surface area contributed by atoms with Gasteiger partial charge in [-0.15, -0.1) is 0 Å². The van der Waals surface area contributed by atoms with Crippen LogP contribution in [0.1, 0.15) is 31.4 Å². The van der Waals surface area contributed by atoms with Gasteiger partial charge in [0.05, 0.1) is 0 Å². The molecule has 8 heteroatoms. The van der Waals surface area contributed by atoms with Crippen LogP contribution < -0.4 is 11.0 Å². The quantitative estimate of drug-likeness (QED) is 0.844. The van der Waals surface area contributed by atoms with Crippen LogP contribution >= 0.6 is 0 Å². The number of amides is 1. The van der Waals surface area contributed by atoms with Gasteiger partial charge in [0.1, 0.15) is 12.9 Å². The first-order valence-corrected chi connectivity index (χ1v) is 8.56. The highest BCUT2D eigenvalue weighted by molar-refractivity contribution is 5.75. The smallest absolute Gasteiger partial charge is 0.345 e. The molecule has 0 radical (unpaired) electrons. The highest BCUT2D eigenvalue weighted by Gasteiger charge is 2.24. The van der Waals surface area contributed by atoms with Gasteiger partial charge in [0.2, 0.25) is 5.91 Å². The average molecular weight is 344 g/mol. The molecule has 1 N–H and O–H groups in total. The maximum absolute atomic E-state index is 12.1. The Balaban J connectivity index is 1.48. The van der Waals surface area contributed by atoms with E-state index in [1.54, 1.807) is 7.05 Å². The minimum Gasteiger partial charge on any atom is -0.352 e. The molecule has 1 aliphatic rings. The van der Waals surface area contributed by atoms with E-state index in [0.29, 0.717) is 6.04 Å². The SMILES string of the molecule is C[C@H](c1ccncc1)N1CCC(NC(=O)Cn2ncn(C)c2=O)CC1. The standard InChI is InChI=1S/C17H24N6O2/c1-13(14-3-7-18-8-4-14)22-9-5-15(6-10-22)20-16(24)11-23-17(25)21(2)12-19-23/h3-4,7-8,12-13,15H,5-6,9-11H2,1-2H3,(H,20,24)/t13-/m1/s1. The minimum atomic E-state index is -0.281. The molecule has 25 heavy (non-hydrogen) atoms. The van der Waals surface area contributed by atoms with Crippen LogP contribution in [0, 0.1) is 0 Å². The maximum atomic E-state index is 12.1. The number of pyridine rings is 1. The first kappa shape index (κ1) is 17.3. The molecule has 1 atom stereocenters. The van der Waals surface area contributed by atoms with Crippen molar-refractivity contribution in [1.82, 2.24) is 29.5 Å². The van der Waals surface area contributed by atoms with E-state index >= 15 is 0 Å². The first-order valence-electron chi connectivity index (χ1n) is 8.56. The van der Waals surface area contributed by atoms with Crippen LogP contribution in [0.4, 0.5) is 0 Å². The number of aromatic nitrogens is 4. The lowest BCUT2D eigenvalue weighted by atomic mass is 10.0. The van der Waals surface area contributed by atoms with Crippen LogP contribution in [-0.4, -0.2) is 49.3 Å². The molecule has 0 bridgehead atoms. The van der Waals surface area contributed by atoms with Crippen molar-refractivity contribution < 1.29 is 4.79 Å². The van der Waals surface area contributed by atoms with Crippen molar-refractivity contribution in [3.8, 4) is 0 Å². The number of carbonyl (C=O) groups is 1. The molecule has 3 heterocycles. The molecule has 8 nitrogen and oxygen atoms in total. The van der Waals surface area contributed by atoms with Gasteiger partial charge in [-0.2, -0.15) is 5.10 Å². The molecule has 0 saturated carbocycles. The number of nitrogens with one attached hydrogen (secondary N) is 1. The summed E-state index contributed by atoms with van der Waals surface area (Å²) >= 11 is 0. The summed E-state index contributed by atoms with van der Waals surface area (Å²) in [6.07, 6.45) is 6.85. The van der Waals surface area contributed by atoms with Gasteiger partial charge < -0.3 is 5.32 Å². The molecule has 3 rings (SSSR count). The van der Waals surface area contributed by atoms with Crippen LogP contribution in [0.15, 0.2) is 35.6 Å². The molecular formula is C17H24N6O2. The molecule has 1 saturated heterocycles. The van der Waals surface area contributed by atoms with Gasteiger partial charge in [0.25, 0.3) is 0 Å². The van der Waals surface area contributed by atoms with Gasteiger partial charge in [-0.1, -0.05) is 0 Å². The predicted molar refractivity (Wildman–Crippen MR) is 92.9 cm³/mol. The molecule has 0 aliphatic carbocycles. The third-order valence-electron chi connectivity index (χ3n) is 4.81. The molecule has 1 fully saturated rings. The van der Waals surface area contributed by atoms with E-state index in [9.17, 15) is 9.59 Å². The lowest BCUT2D eigenvalue weighted by Gasteiger charge is -2.36. The Morgan fingerprint density at radius 2 is 2.00 bits per heavy atom. The Bertz CT molecular complexity index is 761. The van der Waals surface area contributed by atoms with Crippen LogP contribution in [0.25, 0.3) is 0 Å². The van der Waals surface area contributed by atoms with Gasteiger partial charge in [-0.05, 0) is 37.5 Å². The summed E-state index contributed by atoms with van der Waals surface area (Å²) in [6.45, 7) is 4.02. The number of carbonyl (C=O) groups excluding carboxylic acids is 1. The van der Waals surface area contributed by atoms with Crippen molar-refractivity contribution in [3.63, 3.8) is 0 Å². The van der Waals surface area contributed by atoms with Gasteiger partial charge in [-0.3, -0.25) is 19.2 Å². The number of hydrogen-bond acceptors (Lipinski definition) is 5. The third-order valence-corrected chi connectivity index (χ3v) is 4.81. The van der Waals surface area contributed by atoms with Crippen molar-refractivity contribution >= 4 is 5.91 Å². The Morgan fingerprint density at radius 3 is 2.60 bits per heavy atom. The first-order chi connectivity index (χ1) is 12.0. The summed E-state index contributed by atoms with van der Waals surface area (Å²) in [5.41, 5.74) is 0.975. The van der Waals surface area contributed by atoms with Crippen molar-refractivity contribution in [2.75, 3.05) is 13.1 Å². The zero-order valence-electron chi connectivity index (χ0n) is 14.6. The number of rotatable bonds is 5. The molecule has 1 amide bonds. The molecule has 0 unspecified atom stereocenters. The van der Waals surface area contributed by atoms with Gasteiger partial charge >= 0.3 is 5.69 Å². The molecule has 2 aromatic rings. The largest absolute Gasteiger partial charge is 0.352 e. The number of piperidine rings is 1. The number of likely N-dealkylation sites (tertiary alicyclic amines) is 1. The van der Waals surface area contributed by atoms with Crippen LogP contribution in [0.5, 0.6) is 0 Å². The Morgan fingerprint density at radius 1 is 1.32 bits per heavy atom. The van der Waals surface area contributed by atoms with Crippen LogP contribution in [0.2, 0.25) is 0 Å². The number of nitrogens with zero attached hydrogens (tertiary/aromatic N) is 5. The number of hydrogen-bond donors (Lipinski definition) is 1. The molecular weight excluding hydrogens is 320 g/mol. The van der Waals surface area contributed by atoms with E-state index in [2.05, 4.69) is 27.2 Å². The van der Waals surface area contributed by atoms with Crippen molar-refractivity contribution in [3.05, 3.63) is 46.9 Å². The molecule has 0 aromatic carbocycles. The van der Waals surface area contributed by atoms with Crippen molar-refractivity contribution in [2.45, 2.75) is 38.4 Å². The molecule has 134 valence electrons. The zero-order valence-corrected chi connectivity index (χ0v) is 14.6. The Kier molecular flexibility index (Phi) is 5.28. The molecule has 0 spiro atoms. The Hall–Kier alpha value is -2.48. The van der Waals surface area contributed by atoms with E-state index in [1.165, 1.54) is 21.1 Å². The number of aryl methyl sites for hydroxylation is 1. The van der Waals surface area contributed by atoms with Crippen LogP contribution in [0.3, 0.4) is 0 Å². The van der Waals surface area contributed by atoms with E-state index in [-0.39, 0.29) is 24.2 Å². The van der Waals surface area contributed by atoms with Crippen molar-refractivity contribution in [2.24, 2.45) is 7.05 Å². The van der Waals surface area contributed by atoms with E-state index in [1.807, 2.05) is 24.5 Å². The monoisotopic (exact) mass is 344 g/mol. The third kappa shape index (κ3) is 4.14. The summed E-state index contributed by atoms with van der Waals surface area (Å²) in [6, 6.07) is 4.58. The van der Waals surface area contributed by atoms with Gasteiger partial charge in [-0.25, -0.2) is 9.48 Å². The molecule has 2 aromatic heterocycles. The van der Waals surface area contributed by atoms with Crippen LogP contribution in [-0.2, 0) is 18.4 Å². The zero-order chi connectivity index (χ0) is 17.8. The minimum absolute atomic E-state index is 0.0344. The van der Waals surface area contributed by atoms with Crippen molar-refractivity contribution in [1.29, 1.82) is 0 Å². The highest BCUT2D eigenvalue weighted by atomic mass is 16.2. The fraction of sp³-hybridized carbons (Fsp3) is 0.529. The van der Waals surface area contributed by atoms with Gasteiger partial charge in [0, 0.05) is 44.6 Å². The maximum Gasteiger partial charge on any atom is 0.345 e. The lowest BCUT2D eigenvalue weighted by molar-refractivity contribution is -0.123. The van der Waals surface area contributed by atoms with E-state index in [4.69, 9.17) is 0 Å². The summed E-state index contributed by atoms with van der Waals surface area (Å²) in [5.74, 6) is -0.165. The fourth-order valence-corrected chi connectivity index (χ4v) is 3.22. The summed E-state index contributed by atoms with van der Waals surface area (Å²) < 4.78 is 2.53. The predicted octanol–water partition coefficient (Wildman–Crippen LogP) is 0.319. The van der Waals surface area contributed by atoms with E-state index in [0.717, 1.165) is 25.9 Å². The topological polar surface area (TPSA) is 85.1 Å². The lowest BCUT2D eigenvalue weighted by Crippen LogP contribution is -2.46. The highest BCUT2D eigenvalue weighted by Crippen LogP contribution is 2.23. The molecule has 1 aliphatic heterocycles. The second-order valence-electron chi connectivity index (χ2n) is 6.52. The second-order valence-corrected chi connectivity index (χ2v) is 6.52. The summed E-state index contributed by atoms with van der Waals surface area (Å²) in [7, 11) is 1.61. The van der Waals surface area contributed by atoms with Gasteiger partial charge in [0.15, 0.2) is 0 Å². The Labute approximate surface area is 146 Å². The average Bonchev–Trinajstić information content (AvgIpc) is 2.94. The summed E-state index contributed by atoms with van der Waals surface area (Å²) in [5, 5.41) is 6.93. The van der Waals surface area contributed by atoms with E-state index < -0.39 is 0 Å². The summed E-state index contributed by atoms with van der Waals surface area (Å²) in [4.78, 5) is 30.3. The normalized spacial score (nSPS) is 17.4. The second kappa shape index (κ2) is 7.60. The fourth-order valence-electron chi connectivity index (χ4n) is 3.22.